The highest BCUT2D eigenvalue weighted by Gasteiger charge is 2.04. The minimum atomic E-state index is -0.0307. The van der Waals surface area contributed by atoms with E-state index in [0.29, 0.717) is 19.1 Å². The number of aryl methyl sites for hydroxylation is 1. The van der Waals surface area contributed by atoms with Crippen LogP contribution in [0.4, 0.5) is 0 Å². The lowest BCUT2D eigenvalue weighted by Gasteiger charge is -2.14. The van der Waals surface area contributed by atoms with Crippen molar-refractivity contribution in [2.75, 3.05) is 52.3 Å². The fourth-order valence-corrected chi connectivity index (χ4v) is 2.01. The molecule has 0 aliphatic heterocycles. The second-order valence-corrected chi connectivity index (χ2v) is 6.45. The molecule has 0 aliphatic carbocycles. The molecule has 1 rings (SSSR count). The number of carbonyl (C=O) groups excluding carboxylic acids is 1. The summed E-state index contributed by atoms with van der Waals surface area (Å²) in [5, 5.41) is 6.40. The third-order valence-electron chi connectivity index (χ3n) is 3.15. The zero-order valence-electron chi connectivity index (χ0n) is 15.4. The van der Waals surface area contributed by atoms with Crippen molar-refractivity contribution in [3.05, 3.63) is 29.8 Å². The fraction of sp³-hybridized carbons (Fsp3) is 0.529. The molecule has 0 heterocycles. The summed E-state index contributed by atoms with van der Waals surface area (Å²) >= 11 is 1.75. The SMILES string of the molecule is CSCCNC(=NCC(=O)N(C)C)NCCOc1ccc(C)cc1.I. The van der Waals surface area contributed by atoms with Crippen molar-refractivity contribution in [1.29, 1.82) is 0 Å². The van der Waals surface area contributed by atoms with Crippen molar-refractivity contribution in [2.24, 2.45) is 4.99 Å². The van der Waals surface area contributed by atoms with E-state index >= 15 is 0 Å². The van der Waals surface area contributed by atoms with Crippen LogP contribution >= 0.6 is 35.7 Å². The molecule has 0 aliphatic rings. The molecule has 6 nitrogen and oxygen atoms in total. The predicted octanol–water partition coefficient (Wildman–Crippen LogP) is 1.98. The summed E-state index contributed by atoms with van der Waals surface area (Å²) in [6.07, 6.45) is 2.05. The molecule has 0 saturated heterocycles. The van der Waals surface area contributed by atoms with Gasteiger partial charge in [0.2, 0.25) is 5.91 Å². The lowest BCUT2D eigenvalue weighted by Crippen LogP contribution is -2.41. The number of nitrogens with one attached hydrogen (secondary N) is 2. The smallest absolute Gasteiger partial charge is 0.243 e. The number of nitrogens with zero attached hydrogens (tertiary/aromatic N) is 2. The maximum Gasteiger partial charge on any atom is 0.243 e. The van der Waals surface area contributed by atoms with Gasteiger partial charge in [0.05, 0.1) is 6.54 Å². The van der Waals surface area contributed by atoms with Gasteiger partial charge in [-0.2, -0.15) is 11.8 Å². The third kappa shape index (κ3) is 11.1. The van der Waals surface area contributed by atoms with E-state index in [1.165, 1.54) is 10.5 Å². The Bertz CT molecular complexity index is 524. The Hall–Kier alpha value is -1.16. The Morgan fingerprint density at radius 2 is 1.84 bits per heavy atom. The minimum absolute atomic E-state index is 0. The van der Waals surface area contributed by atoms with Gasteiger partial charge >= 0.3 is 0 Å². The van der Waals surface area contributed by atoms with Crippen molar-refractivity contribution in [2.45, 2.75) is 6.92 Å². The van der Waals surface area contributed by atoms with E-state index in [4.69, 9.17) is 4.74 Å². The summed E-state index contributed by atoms with van der Waals surface area (Å²) in [6.45, 7) is 4.09. The summed E-state index contributed by atoms with van der Waals surface area (Å²) in [7, 11) is 3.45. The average molecular weight is 480 g/mol. The number of likely N-dealkylation sites (N-methyl/N-ethyl adjacent to an activating group) is 1. The van der Waals surface area contributed by atoms with E-state index in [2.05, 4.69) is 21.9 Å². The Kier molecular flexibility index (Phi) is 13.4. The van der Waals surface area contributed by atoms with Gasteiger partial charge in [-0.1, -0.05) is 17.7 Å². The van der Waals surface area contributed by atoms with Crippen LogP contribution < -0.4 is 15.4 Å². The number of benzene rings is 1. The van der Waals surface area contributed by atoms with Crippen LogP contribution in [-0.2, 0) is 4.79 Å². The summed E-state index contributed by atoms with van der Waals surface area (Å²) in [6, 6.07) is 7.95. The quantitative estimate of drug-likeness (QED) is 0.245. The standard InChI is InChI=1S/C17H28N4O2S.HI/c1-14-5-7-15(8-6-14)23-11-9-18-17(19-10-12-24-4)20-13-16(22)21(2)3;/h5-8H,9-13H2,1-4H3,(H2,18,19,20);1H. The van der Waals surface area contributed by atoms with Gasteiger partial charge in [0, 0.05) is 26.4 Å². The molecule has 142 valence electrons. The first-order valence-electron chi connectivity index (χ1n) is 7.93. The van der Waals surface area contributed by atoms with Crippen LogP contribution in [0.2, 0.25) is 0 Å². The number of carbonyl (C=O) groups is 1. The topological polar surface area (TPSA) is 66.0 Å². The van der Waals surface area contributed by atoms with Crippen LogP contribution in [-0.4, -0.2) is 69.1 Å². The van der Waals surface area contributed by atoms with E-state index in [9.17, 15) is 4.79 Å². The number of hydrogen-bond donors (Lipinski definition) is 2. The predicted molar refractivity (Wildman–Crippen MR) is 117 cm³/mol. The molecule has 0 fully saturated rings. The Balaban J connectivity index is 0.00000576. The maximum atomic E-state index is 11.7. The number of amides is 1. The monoisotopic (exact) mass is 480 g/mol. The van der Waals surface area contributed by atoms with Crippen LogP contribution in [0.3, 0.4) is 0 Å². The fourth-order valence-electron chi connectivity index (χ4n) is 1.71. The summed E-state index contributed by atoms with van der Waals surface area (Å²) in [5.74, 6) is 2.42. The molecule has 0 spiro atoms. The lowest BCUT2D eigenvalue weighted by molar-refractivity contribution is -0.127. The first-order chi connectivity index (χ1) is 11.5. The molecular formula is C17H29IN4O2S. The van der Waals surface area contributed by atoms with Crippen LogP contribution in [0.1, 0.15) is 5.56 Å². The molecule has 25 heavy (non-hydrogen) atoms. The van der Waals surface area contributed by atoms with Crippen molar-refractivity contribution in [1.82, 2.24) is 15.5 Å². The van der Waals surface area contributed by atoms with Gasteiger partial charge in [-0.05, 0) is 25.3 Å². The molecule has 1 amide bonds. The highest BCUT2D eigenvalue weighted by molar-refractivity contribution is 14.0. The second-order valence-electron chi connectivity index (χ2n) is 5.46. The number of halogens is 1. The molecule has 0 atom stereocenters. The van der Waals surface area contributed by atoms with Gasteiger partial charge in [-0.25, -0.2) is 4.99 Å². The Morgan fingerprint density at radius 1 is 1.20 bits per heavy atom. The molecule has 1 aromatic rings. The molecule has 0 radical (unpaired) electrons. The highest BCUT2D eigenvalue weighted by Crippen LogP contribution is 2.10. The molecular weight excluding hydrogens is 451 g/mol. The number of ether oxygens (including phenoxy) is 1. The number of aliphatic imine (C=N–C) groups is 1. The summed E-state index contributed by atoms with van der Waals surface area (Å²) < 4.78 is 5.68. The zero-order chi connectivity index (χ0) is 17.8. The highest BCUT2D eigenvalue weighted by atomic mass is 127. The average Bonchev–Trinajstić information content (AvgIpc) is 2.57. The first kappa shape index (κ1) is 23.8. The van der Waals surface area contributed by atoms with Crippen molar-refractivity contribution >= 4 is 47.6 Å². The van der Waals surface area contributed by atoms with Crippen molar-refractivity contribution < 1.29 is 9.53 Å². The summed E-state index contributed by atoms with van der Waals surface area (Å²) in [4.78, 5) is 17.5. The van der Waals surface area contributed by atoms with Gasteiger partial charge in [0.15, 0.2) is 5.96 Å². The lowest BCUT2D eigenvalue weighted by atomic mass is 10.2. The molecule has 0 aromatic heterocycles. The Labute approximate surface area is 172 Å². The molecule has 0 bridgehead atoms. The van der Waals surface area contributed by atoms with Gasteiger partial charge in [0.25, 0.3) is 0 Å². The van der Waals surface area contributed by atoms with Crippen LogP contribution in [0, 0.1) is 6.92 Å². The summed E-state index contributed by atoms with van der Waals surface area (Å²) in [5.41, 5.74) is 1.21. The van der Waals surface area contributed by atoms with Crippen LogP contribution in [0.5, 0.6) is 5.75 Å². The van der Waals surface area contributed by atoms with E-state index in [1.54, 1.807) is 25.9 Å². The molecule has 8 heteroatoms. The number of thioether (sulfide) groups is 1. The Morgan fingerprint density at radius 3 is 2.44 bits per heavy atom. The van der Waals surface area contributed by atoms with Gasteiger partial charge in [-0.3, -0.25) is 4.79 Å². The van der Waals surface area contributed by atoms with Gasteiger partial charge in [0.1, 0.15) is 18.9 Å². The van der Waals surface area contributed by atoms with Crippen LogP contribution in [0.25, 0.3) is 0 Å². The third-order valence-corrected chi connectivity index (χ3v) is 3.77. The number of rotatable bonds is 9. The van der Waals surface area contributed by atoms with Crippen molar-refractivity contribution in [3.8, 4) is 5.75 Å². The van der Waals surface area contributed by atoms with E-state index in [0.717, 1.165) is 18.0 Å². The number of guanidine groups is 1. The number of hydrogen-bond acceptors (Lipinski definition) is 4. The first-order valence-corrected chi connectivity index (χ1v) is 9.33. The zero-order valence-corrected chi connectivity index (χ0v) is 18.5. The molecule has 1 aromatic carbocycles. The van der Waals surface area contributed by atoms with E-state index in [-0.39, 0.29) is 36.4 Å². The minimum Gasteiger partial charge on any atom is -0.492 e. The molecule has 2 N–H and O–H groups in total. The van der Waals surface area contributed by atoms with Gasteiger partial charge in [-0.15, -0.1) is 24.0 Å². The maximum absolute atomic E-state index is 11.7. The van der Waals surface area contributed by atoms with E-state index in [1.807, 2.05) is 31.2 Å². The largest absolute Gasteiger partial charge is 0.492 e. The van der Waals surface area contributed by atoms with Crippen LogP contribution in [0.15, 0.2) is 29.3 Å². The normalized spacial score (nSPS) is 10.6. The van der Waals surface area contributed by atoms with E-state index < -0.39 is 0 Å². The molecule has 0 saturated carbocycles. The molecule has 0 unspecified atom stereocenters. The van der Waals surface area contributed by atoms with Gasteiger partial charge < -0.3 is 20.3 Å². The van der Waals surface area contributed by atoms with Crippen molar-refractivity contribution in [3.63, 3.8) is 0 Å². The second kappa shape index (κ2) is 14.1.